The van der Waals surface area contributed by atoms with Gasteiger partial charge in [-0.3, -0.25) is 29.8 Å². The zero-order valence-corrected chi connectivity index (χ0v) is 14.3. The smallest absolute Gasteiger partial charge is 0.277 e. The molecule has 0 aliphatic heterocycles. The second kappa shape index (κ2) is 8.52. The van der Waals surface area contributed by atoms with E-state index in [0.29, 0.717) is 12.1 Å². The summed E-state index contributed by atoms with van der Waals surface area (Å²) in [6.45, 7) is 1.54. The van der Waals surface area contributed by atoms with Gasteiger partial charge >= 0.3 is 0 Å². The molecule has 0 unspecified atom stereocenters. The number of hydrogen-bond acceptors (Lipinski definition) is 6. The SMILES string of the molecule is CCc1ccccc1NC(=O)CNC(=O)c1cc([N+](=O)[O-])cc([N+](=O)[O-])c1. The summed E-state index contributed by atoms with van der Waals surface area (Å²) in [6, 6.07) is 9.75. The molecule has 0 saturated carbocycles. The van der Waals surface area contributed by atoms with Gasteiger partial charge in [0, 0.05) is 17.8 Å². The van der Waals surface area contributed by atoms with Gasteiger partial charge in [-0.2, -0.15) is 0 Å². The number of nitrogens with zero attached hydrogens (tertiary/aromatic N) is 2. The Bertz CT molecular complexity index is 880. The number of benzene rings is 2. The number of non-ortho nitro benzene ring substituents is 2. The largest absolute Gasteiger partial charge is 0.343 e. The molecule has 0 aliphatic rings. The van der Waals surface area contributed by atoms with Crippen LogP contribution in [-0.4, -0.2) is 28.2 Å². The van der Waals surface area contributed by atoms with Crippen LogP contribution in [0.1, 0.15) is 22.8 Å². The predicted octanol–water partition coefficient (Wildman–Crippen LogP) is 2.43. The molecule has 27 heavy (non-hydrogen) atoms. The lowest BCUT2D eigenvalue weighted by Gasteiger charge is -2.10. The number of anilines is 1. The van der Waals surface area contributed by atoms with Crippen molar-refractivity contribution in [3.8, 4) is 0 Å². The second-order valence-electron chi connectivity index (χ2n) is 5.49. The highest BCUT2D eigenvalue weighted by atomic mass is 16.6. The Morgan fingerprint density at radius 1 is 1.00 bits per heavy atom. The Balaban J connectivity index is 2.08. The molecule has 10 heteroatoms. The molecule has 0 spiro atoms. The average Bonchev–Trinajstić information content (AvgIpc) is 2.66. The molecular weight excluding hydrogens is 356 g/mol. The minimum atomic E-state index is -0.835. The maximum absolute atomic E-state index is 12.1. The van der Waals surface area contributed by atoms with E-state index in [-0.39, 0.29) is 5.56 Å². The van der Waals surface area contributed by atoms with Gasteiger partial charge in [0.05, 0.1) is 28.0 Å². The first-order valence-corrected chi connectivity index (χ1v) is 7.91. The van der Waals surface area contributed by atoms with E-state index in [2.05, 4.69) is 10.6 Å². The molecule has 10 nitrogen and oxygen atoms in total. The van der Waals surface area contributed by atoms with Crippen molar-refractivity contribution in [1.82, 2.24) is 5.32 Å². The number of carbonyl (C=O) groups is 2. The van der Waals surface area contributed by atoms with Gasteiger partial charge in [-0.25, -0.2) is 0 Å². The molecule has 0 saturated heterocycles. The number of nitrogens with one attached hydrogen (secondary N) is 2. The molecule has 2 rings (SSSR count). The summed E-state index contributed by atoms with van der Waals surface area (Å²) in [6.07, 6.45) is 0.708. The van der Waals surface area contributed by atoms with Crippen LogP contribution >= 0.6 is 0 Å². The Morgan fingerprint density at radius 2 is 1.59 bits per heavy atom. The van der Waals surface area contributed by atoms with E-state index in [1.165, 1.54) is 0 Å². The van der Waals surface area contributed by atoms with Crippen molar-refractivity contribution in [2.75, 3.05) is 11.9 Å². The van der Waals surface area contributed by atoms with Crippen molar-refractivity contribution in [1.29, 1.82) is 0 Å². The van der Waals surface area contributed by atoms with Gasteiger partial charge in [-0.1, -0.05) is 25.1 Å². The highest BCUT2D eigenvalue weighted by Gasteiger charge is 2.20. The number of rotatable bonds is 7. The van der Waals surface area contributed by atoms with Crippen LogP contribution in [0.5, 0.6) is 0 Å². The molecule has 140 valence electrons. The summed E-state index contributed by atoms with van der Waals surface area (Å²) in [5, 5.41) is 26.7. The number of nitro benzene ring substituents is 2. The lowest BCUT2D eigenvalue weighted by molar-refractivity contribution is -0.394. The molecule has 2 amide bonds. The Kier molecular flexibility index (Phi) is 6.15. The highest BCUT2D eigenvalue weighted by Crippen LogP contribution is 2.22. The Labute approximate surface area is 153 Å². The van der Waals surface area contributed by atoms with E-state index in [4.69, 9.17) is 0 Å². The third-order valence-electron chi connectivity index (χ3n) is 3.67. The highest BCUT2D eigenvalue weighted by molar-refractivity contribution is 6.00. The van der Waals surface area contributed by atoms with Crippen LogP contribution in [0.2, 0.25) is 0 Å². The van der Waals surface area contributed by atoms with Crippen LogP contribution in [0.25, 0.3) is 0 Å². The lowest BCUT2D eigenvalue weighted by atomic mass is 10.1. The van der Waals surface area contributed by atoms with Crippen molar-refractivity contribution in [3.05, 3.63) is 73.8 Å². The molecule has 2 aromatic carbocycles. The lowest BCUT2D eigenvalue weighted by Crippen LogP contribution is -2.33. The molecule has 0 aromatic heterocycles. The first kappa shape index (κ1) is 19.5. The molecule has 0 radical (unpaired) electrons. The van der Waals surface area contributed by atoms with E-state index >= 15 is 0 Å². The second-order valence-corrected chi connectivity index (χ2v) is 5.49. The number of para-hydroxylation sites is 1. The van der Waals surface area contributed by atoms with E-state index in [9.17, 15) is 29.8 Å². The molecule has 2 N–H and O–H groups in total. The van der Waals surface area contributed by atoms with Crippen LogP contribution < -0.4 is 10.6 Å². The summed E-state index contributed by atoms with van der Waals surface area (Å²) < 4.78 is 0. The van der Waals surface area contributed by atoms with Crippen molar-refractivity contribution in [2.45, 2.75) is 13.3 Å². The van der Waals surface area contributed by atoms with E-state index in [1.807, 2.05) is 19.1 Å². The minimum absolute atomic E-state index is 0.280. The fourth-order valence-electron chi connectivity index (χ4n) is 2.34. The summed E-state index contributed by atoms with van der Waals surface area (Å²) in [5.41, 5.74) is 0.0840. The van der Waals surface area contributed by atoms with Crippen LogP contribution in [0.4, 0.5) is 17.1 Å². The third kappa shape index (κ3) is 5.08. The fourth-order valence-corrected chi connectivity index (χ4v) is 2.34. The monoisotopic (exact) mass is 372 g/mol. The van der Waals surface area contributed by atoms with Gasteiger partial charge in [-0.15, -0.1) is 0 Å². The number of amides is 2. The standard InChI is InChI=1S/C17H16N4O6/c1-2-11-5-3-4-6-15(11)19-16(22)10-18-17(23)12-7-13(20(24)25)9-14(8-12)21(26)27/h3-9H,2,10H2,1H3,(H,18,23)(H,19,22). The Morgan fingerprint density at radius 3 is 2.15 bits per heavy atom. The van der Waals surface area contributed by atoms with Crippen molar-refractivity contribution in [2.24, 2.45) is 0 Å². The molecular formula is C17H16N4O6. The first-order chi connectivity index (χ1) is 12.8. The van der Waals surface area contributed by atoms with E-state index < -0.39 is 39.6 Å². The first-order valence-electron chi connectivity index (χ1n) is 7.91. The maximum atomic E-state index is 12.1. The van der Waals surface area contributed by atoms with Crippen molar-refractivity contribution in [3.63, 3.8) is 0 Å². The van der Waals surface area contributed by atoms with Gasteiger partial charge in [-0.05, 0) is 18.1 Å². The summed E-state index contributed by atoms with van der Waals surface area (Å²) in [4.78, 5) is 44.2. The summed E-state index contributed by atoms with van der Waals surface area (Å²) in [5.74, 6) is -1.33. The van der Waals surface area contributed by atoms with Crippen LogP contribution in [-0.2, 0) is 11.2 Å². The van der Waals surface area contributed by atoms with Gasteiger partial charge in [0.25, 0.3) is 17.3 Å². The van der Waals surface area contributed by atoms with Crippen LogP contribution in [0.3, 0.4) is 0 Å². The van der Waals surface area contributed by atoms with Gasteiger partial charge in [0.2, 0.25) is 5.91 Å². The summed E-state index contributed by atoms with van der Waals surface area (Å²) >= 11 is 0. The molecule has 0 aliphatic carbocycles. The molecule has 0 bridgehead atoms. The van der Waals surface area contributed by atoms with Crippen LogP contribution in [0, 0.1) is 20.2 Å². The molecule has 0 fully saturated rings. The van der Waals surface area contributed by atoms with Crippen molar-refractivity contribution < 1.29 is 19.4 Å². The normalized spacial score (nSPS) is 10.1. The third-order valence-corrected chi connectivity index (χ3v) is 3.67. The quantitative estimate of drug-likeness (QED) is 0.564. The number of nitro groups is 2. The maximum Gasteiger partial charge on any atom is 0.277 e. The number of hydrogen-bond donors (Lipinski definition) is 2. The number of aryl methyl sites for hydroxylation is 1. The van der Waals surface area contributed by atoms with Gasteiger partial charge < -0.3 is 10.6 Å². The van der Waals surface area contributed by atoms with Gasteiger partial charge in [0.15, 0.2) is 0 Å². The van der Waals surface area contributed by atoms with E-state index in [0.717, 1.165) is 23.8 Å². The fraction of sp³-hybridized carbons (Fsp3) is 0.176. The number of carbonyl (C=O) groups excluding carboxylic acids is 2. The van der Waals surface area contributed by atoms with Crippen LogP contribution in [0.15, 0.2) is 42.5 Å². The summed E-state index contributed by atoms with van der Waals surface area (Å²) in [7, 11) is 0. The molecule has 0 atom stereocenters. The predicted molar refractivity (Wildman–Crippen MR) is 96.5 cm³/mol. The van der Waals surface area contributed by atoms with E-state index in [1.54, 1.807) is 12.1 Å². The topological polar surface area (TPSA) is 144 Å². The molecule has 2 aromatic rings. The Hall–Kier alpha value is -3.82. The molecule has 0 heterocycles. The minimum Gasteiger partial charge on any atom is -0.343 e. The van der Waals surface area contributed by atoms with Crippen molar-refractivity contribution >= 4 is 28.9 Å². The zero-order chi connectivity index (χ0) is 20.0. The zero-order valence-electron chi connectivity index (χ0n) is 14.3. The van der Waals surface area contributed by atoms with Gasteiger partial charge in [0.1, 0.15) is 0 Å². The average molecular weight is 372 g/mol.